The van der Waals surface area contributed by atoms with E-state index in [4.69, 9.17) is 5.73 Å². The van der Waals surface area contributed by atoms with Gasteiger partial charge in [0.25, 0.3) is 0 Å². The van der Waals surface area contributed by atoms with Crippen LogP contribution in [-0.2, 0) is 0 Å². The van der Waals surface area contributed by atoms with Crippen molar-refractivity contribution in [3.63, 3.8) is 0 Å². The lowest BCUT2D eigenvalue weighted by atomic mass is 10.00. The molecule has 0 aromatic rings. The molecule has 0 rings (SSSR count). The Balaban J connectivity index is 4.17. The molecule has 1 atom stereocenters. The van der Waals surface area contributed by atoms with Crippen molar-refractivity contribution in [2.75, 3.05) is 19.6 Å². The molecule has 1 unspecified atom stereocenters. The first-order chi connectivity index (χ1) is 5.97. The molecule has 2 nitrogen and oxygen atoms in total. The highest BCUT2D eigenvalue weighted by Gasteiger charge is 2.24. The van der Waals surface area contributed by atoms with E-state index in [0.29, 0.717) is 0 Å². The van der Waals surface area contributed by atoms with Crippen molar-refractivity contribution < 1.29 is 0 Å². The molecular weight excluding hydrogens is 160 g/mol. The molecule has 0 aliphatic rings. The Kier molecular flexibility index (Phi) is 5.57. The molecule has 80 valence electrons. The molecule has 0 heterocycles. The third kappa shape index (κ3) is 4.10. The van der Waals surface area contributed by atoms with E-state index in [2.05, 4.69) is 39.5 Å². The highest BCUT2D eigenvalue weighted by molar-refractivity contribution is 4.82. The zero-order valence-electron chi connectivity index (χ0n) is 9.93. The summed E-state index contributed by atoms with van der Waals surface area (Å²) in [6.07, 6.45) is 1.25. The van der Waals surface area contributed by atoms with Crippen molar-refractivity contribution in [1.82, 2.24) is 4.90 Å². The third-order valence-corrected chi connectivity index (χ3v) is 2.97. The Bertz CT molecular complexity index is 132. The molecule has 0 spiro atoms. The SMILES string of the molecule is CCC(C)CN(CC)C(C)(C)CN. The average Bonchev–Trinajstić information content (AvgIpc) is 2.13. The number of rotatable bonds is 6. The minimum absolute atomic E-state index is 0.151. The summed E-state index contributed by atoms with van der Waals surface area (Å²) in [4.78, 5) is 2.47. The van der Waals surface area contributed by atoms with Crippen LogP contribution in [0.15, 0.2) is 0 Å². The summed E-state index contributed by atoms with van der Waals surface area (Å²) in [6, 6.07) is 0. The zero-order chi connectivity index (χ0) is 10.5. The van der Waals surface area contributed by atoms with Crippen molar-refractivity contribution in [2.24, 2.45) is 11.7 Å². The summed E-state index contributed by atoms with van der Waals surface area (Å²) in [5, 5.41) is 0. The summed E-state index contributed by atoms with van der Waals surface area (Å²) in [7, 11) is 0. The zero-order valence-corrected chi connectivity index (χ0v) is 9.93. The largest absolute Gasteiger partial charge is 0.329 e. The molecule has 0 radical (unpaired) electrons. The maximum Gasteiger partial charge on any atom is 0.0275 e. The van der Waals surface area contributed by atoms with Crippen molar-refractivity contribution in [1.29, 1.82) is 0 Å². The number of nitrogens with zero attached hydrogens (tertiary/aromatic N) is 1. The predicted octanol–water partition coefficient (Wildman–Crippen LogP) is 2.09. The van der Waals surface area contributed by atoms with Crippen LogP contribution in [0.1, 0.15) is 41.0 Å². The fraction of sp³-hybridized carbons (Fsp3) is 1.00. The number of nitrogens with two attached hydrogens (primary N) is 1. The lowest BCUT2D eigenvalue weighted by Crippen LogP contribution is -2.50. The van der Waals surface area contributed by atoms with Crippen LogP contribution in [-0.4, -0.2) is 30.1 Å². The average molecular weight is 186 g/mol. The highest BCUT2D eigenvalue weighted by atomic mass is 15.2. The van der Waals surface area contributed by atoms with Gasteiger partial charge in [0.1, 0.15) is 0 Å². The van der Waals surface area contributed by atoms with Crippen LogP contribution in [0.5, 0.6) is 0 Å². The second-order valence-electron chi connectivity index (χ2n) is 4.57. The van der Waals surface area contributed by atoms with Gasteiger partial charge in [0, 0.05) is 18.6 Å². The van der Waals surface area contributed by atoms with E-state index in [1.54, 1.807) is 0 Å². The highest BCUT2D eigenvalue weighted by Crippen LogP contribution is 2.15. The van der Waals surface area contributed by atoms with E-state index < -0.39 is 0 Å². The van der Waals surface area contributed by atoms with Gasteiger partial charge in [-0.1, -0.05) is 27.2 Å². The van der Waals surface area contributed by atoms with Crippen molar-refractivity contribution in [2.45, 2.75) is 46.6 Å². The van der Waals surface area contributed by atoms with E-state index in [0.717, 1.165) is 25.6 Å². The van der Waals surface area contributed by atoms with Gasteiger partial charge in [0.15, 0.2) is 0 Å². The molecular formula is C11H26N2. The molecule has 0 aromatic carbocycles. The molecule has 0 amide bonds. The van der Waals surface area contributed by atoms with Crippen LogP contribution in [0, 0.1) is 5.92 Å². The summed E-state index contributed by atoms with van der Waals surface area (Å²) in [5.41, 5.74) is 5.91. The molecule has 0 aliphatic carbocycles. The maximum absolute atomic E-state index is 5.76. The van der Waals surface area contributed by atoms with Gasteiger partial charge in [-0.3, -0.25) is 4.90 Å². The molecule has 0 aliphatic heterocycles. The first kappa shape index (κ1) is 12.9. The topological polar surface area (TPSA) is 29.3 Å². The first-order valence-electron chi connectivity index (χ1n) is 5.43. The van der Waals surface area contributed by atoms with Crippen LogP contribution in [0.3, 0.4) is 0 Å². The van der Waals surface area contributed by atoms with Gasteiger partial charge in [-0.2, -0.15) is 0 Å². The number of likely N-dealkylation sites (N-methyl/N-ethyl adjacent to an activating group) is 1. The van der Waals surface area contributed by atoms with E-state index in [1.807, 2.05) is 0 Å². The fourth-order valence-corrected chi connectivity index (χ4v) is 1.44. The molecule has 0 saturated heterocycles. The Hall–Kier alpha value is -0.0800. The van der Waals surface area contributed by atoms with Crippen LogP contribution in [0.2, 0.25) is 0 Å². The fourth-order valence-electron chi connectivity index (χ4n) is 1.44. The van der Waals surface area contributed by atoms with Gasteiger partial charge >= 0.3 is 0 Å². The van der Waals surface area contributed by atoms with Gasteiger partial charge in [0.05, 0.1) is 0 Å². The Morgan fingerprint density at radius 3 is 2.15 bits per heavy atom. The molecule has 0 saturated carbocycles. The molecule has 0 aromatic heterocycles. The number of hydrogen-bond acceptors (Lipinski definition) is 2. The van der Waals surface area contributed by atoms with Crippen LogP contribution < -0.4 is 5.73 Å². The summed E-state index contributed by atoms with van der Waals surface area (Å²) in [5.74, 6) is 0.769. The molecule has 2 heteroatoms. The molecule has 0 bridgehead atoms. The van der Waals surface area contributed by atoms with E-state index in [1.165, 1.54) is 6.42 Å². The van der Waals surface area contributed by atoms with E-state index in [-0.39, 0.29) is 5.54 Å². The second-order valence-corrected chi connectivity index (χ2v) is 4.57. The van der Waals surface area contributed by atoms with Crippen molar-refractivity contribution >= 4 is 0 Å². The van der Waals surface area contributed by atoms with Gasteiger partial charge in [0.2, 0.25) is 0 Å². The molecule has 13 heavy (non-hydrogen) atoms. The van der Waals surface area contributed by atoms with Crippen molar-refractivity contribution in [3.05, 3.63) is 0 Å². The lowest BCUT2D eigenvalue weighted by molar-refractivity contribution is 0.114. The first-order valence-corrected chi connectivity index (χ1v) is 5.43. The summed E-state index contributed by atoms with van der Waals surface area (Å²) in [6.45, 7) is 14.2. The lowest BCUT2D eigenvalue weighted by Gasteiger charge is -2.38. The van der Waals surface area contributed by atoms with Gasteiger partial charge < -0.3 is 5.73 Å². The van der Waals surface area contributed by atoms with Gasteiger partial charge in [-0.25, -0.2) is 0 Å². The Labute approximate surface area is 83.5 Å². The van der Waals surface area contributed by atoms with Gasteiger partial charge in [-0.05, 0) is 26.3 Å². The predicted molar refractivity (Wildman–Crippen MR) is 59.8 cm³/mol. The Morgan fingerprint density at radius 2 is 1.85 bits per heavy atom. The van der Waals surface area contributed by atoms with Crippen molar-refractivity contribution in [3.8, 4) is 0 Å². The number of hydrogen-bond donors (Lipinski definition) is 1. The standard InChI is InChI=1S/C11H26N2/c1-6-10(3)8-13(7-2)11(4,5)9-12/h10H,6-9,12H2,1-5H3. The van der Waals surface area contributed by atoms with E-state index >= 15 is 0 Å². The minimum atomic E-state index is 0.151. The smallest absolute Gasteiger partial charge is 0.0275 e. The molecule has 0 fully saturated rings. The monoisotopic (exact) mass is 186 g/mol. The van der Waals surface area contributed by atoms with E-state index in [9.17, 15) is 0 Å². The third-order valence-electron chi connectivity index (χ3n) is 2.97. The minimum Gasteiger partial charge on any atom is -0.329 e. The maximum atomic E-state index is 5.76. The van der Waals surface area contributed by atoms with Gasteiger partial charge in [-0.15, -0.1) is 0 Å². The Morgan fingerprint density at radius 1 is 1.31 bits per heavy atom. The summed E-state index contributed by atoms with van der Waals surface area (Å²) < 4.78 is 0. The van der Waals surface area contributed by atoms with Crippen LogP contribution in [0.25, 0.3) is 0 Å². The second kappa shape index (κ2) is 5.61. The van der Waals surface area contributed by atoms with Crippen LogP contribution >= 0.6 is 0 Å². The quantitative estimate of drug-likeness (QED) is 0.688. The van der Waals surface area contributed by atoms with Crippen LogP contribution in [0.4, 0.5) is 0 Å². The normalized spacial score (nSPS) is 15.0. The molecule has 2 N–H and O–H groups in total. The summed E-state index contributed by atoms with van der Waals surface area (Å²) >= 11 is 0.